The number of nitrogens with zero attached hydrogens (tertiary/aromatic N) is 2. The van der Waals surface area contributed by atoms with Crippen molar-refractivity contribution in [2.75, 3.05) is 39.5 Å². The third-order valence-corrected chi connectivity index (χ3v) is 5.09. The first kappa shape index (κ1) is 20.4. The summed E-state index contributed by atoms with van der Waals surface area (Å²) in [5, 5.41) is 3.49. The Morgan fingerprint density at radius 3 is 2.61 bits per heavy atom. The van der Waals surface area contributed by atoms with Crippen LogP contribution < -0.4 is 10.1 Å². The largest absolute Gasteiger partial charge is 0.497 e. The fourth-order valence-corrected chi connectivity index (χ4v) is 3.75. The molecule has 0 aliphatic carbocycles. The molecule has 1 saturated heterocycles. The van der Waals surface area contributed by atoms with Crippen LogP contribution in [0.2, 0.25) is 0 Å². The lowest BCUT2D eigenvalue weighted by Gasteiger charge is -2.39. The van der Waals surface area contributed by atoms with E-state index in [4.69, 9.17) is 4.74 Å². The van der Waals surface area contributed by atoms with E-state index in [0.29, 0.717) is 4.75 Å². The van der Waals surface area contributed by atoms with Crippen LogP contribution in [0, 0.1) is 0 Å². The van der Waals surface area contributed by atoms with E-state index in [0.717, 1.165) is 43.5 Å². The summed E-state index contributed by atoms with van der Waals surface area (Å²) < 4.78 is 5.48. The van der Waals surface area contributed by atoms with Crippen LogP contribution in [-0.4, -0.2) is 55.2 Å². The minimum absolute atomic E-state index is 0. The summed E-state index contributed by atoms with van der Waals surface area (Å²) in [5.41, 5.74) is 1.30. The van der Waals surface area contributed by atoms with Crippen LogP contribution in [0.5, 0.6) is 5.75 Å². The second-order valence-electron chi connectivity index (χ2n) is 6.10. The van der Waals surface area contributed by atoms with Gasteiger partial charge in [-0.3, -0.25) is 4.99 Å². The number of thioether (sulfide) groups is 1. The van der Waals surface area contributed by atoms with E-state index in [-0.39, 0.29) is 24.0 Å². The first-order chi connectivity index (χ1) is 10.5. The van der Waals surface area contributed by atoms with Crippen LogP contribution in [-0.2, 0) is 6.42 Å². The molecule has 130 valence electrons. The van der Waals surface area contributed by atoms with Gasteiger partial charge in [-0.2, -0.15) is 11.8 Å². The van der Waals surface area contributed by atoms with Crippen LogP contribution >= 0.6 is 35.7 Å². The number of nitrogens with one attached hydrogen (secondary N) is 1. The zero-order valence-electron chi connectivity index (χ0n) is 14.5. The maximum absolute atomic E-state index is 5.18. The highest BCUT2D eigenvalue weighted by Crippen LogP contribution is 2.29. The molecule has 6 heteroatoms. The van der Waals surface area contributed by atoms with Gasteiger partial charge in [0.2, 0.25) is 0 Å². The highest BCUT2D eigenvalue weighted by Gasteiger charge is 2.28. The molecular weight excluding hydrogens is 421 g/mol. The van der Waals surface area contributed by atoms with E-state index in [2.05, 4.69) is 41.2 Å². The van der Waals surface area contributed by atoms with E-state index >= 15 is 0 Å². The van der Waals surface area contributed by atoms with E-state index in [1.54, 1.807) is 7.11 Å². The molecule has 0 aromatic heterocycles. The molecule has 0 saturated carbocycles. The normalized spacial score (nSPS) is 17.4. The highest BCUT2D eigenvalue weighted by molar-refractivity contribution is 14.0. The predicted octanol–water partition coefficient (Wildman–Crippen LogP) is 3.26. The van der Waals surface area contributed by atoms with Crippen molar-refractivity contribution in [2.24, 2.45) is 4.99 Å². The Morgan fingerprint density at radius 2 is 2.04 bits per heavy atom. The fourth-order valence-electron chi connectivity index (χ4n) is 2.64. The maximum atomic E-state index is 5.18. The Morgan fingerprint density at radius 1 is 1.35 bits per heavy atom. The average molecular weight is 449 g/mol. The molecule has 0 bridgehead atoms. The van der Waals surface area contributed by atoms with E-state index in [1.807, 2.05) is 30.9 Å². The number of halogens is 1. The van der Waals surface area contributed by atoms with Gasteiger partial charge in [0.15, 0.2) is 5.96 Å². The zero-order chi connectivity index (χ0) is 16.0. The Hall–Kier alpha value is -0.630. The van der Waals surface area contributed by atoms with Gasteiger partial charge in [0.1, 0.15) is 5.75 Å². The topological polar surface area (TPSA) is 36.9 Å². The van der Waals surface area contributed by atoms with E-state index < -0.39 is 0 Å². The quantitative estimate of drug-likeness (QED) is 0.435. The molecule has 1 aromatic carbocycles. The third-order valence-electron chi connectivity index (χ3n) is 3.79. The monoisotopic (exact) mass is 449 g/mol. The Labute approximate surface area is 161 Å². The van der Waals surface area contributed by atoms with Crippen molar-refractivity contribution in [3.05, 3.63) is 29.8 Å². The molecule has 0 unspecified atom stereocenters. The number of benzene rings is 1. The zero-order valence-corrected chi connectivity index (χ0v) is 17.6. The van der Waals surface area contributed by atoms with Gasteiger partial charge in [0.25, 0.3) is 0 Å². The van der Waals surface area contributed by atoms with Gasteiger partial charge in [-0.1, -0.05) is 12.1 Å². The van der Waals surface area contributed by atoms with Gasteiger partial charge in [-0.05, 0) is 38.0 Å². The summed E-state index contributed by atoms with van der Waals surface area (Å²) in [7, 11) is 3.56. The lowest BCUT2D eigenvalue weighted by atomic mass is 10.1. The molecule has 1 aliphatic heterocycles. The molecular formula is C17H28IN3OS. The molecule has 1 fully saturated rings. The number of aliphatic imine (C=N–C) groups is 1. The minimum atomic E-state index is 0. The van der Waals surface area contributed by atoms with Crippen LogP contribution in [0.1, 0.15) is 19.4 Å². The Balaban J connectivity index is 0.00000264. The molecule has 0 amide bonds. The number of methoxy groups -OCH3 is 1. The molecule has 1 aromatic rings. The molecule has 23 heavy (non-hydrogen) atoms. The standard InChI is InChI=1S/C17H27N3OS.HI/c1-17(2)13-20(11-12-22-17)16(18-3)19-10-9-14-5-7-15(21-4)8-6-14;/h5-8H,9-13H2,1-4H3,(H,18,19);1H. The average Bonchev–Trinajstić information content (AvgIpc) is 2.51. The van der Waals surface area contributed by atoms with Crippen molar-refractivity contribution in [2.45, 2.75) is 25.0 Å². The van der Waals surface area contributed by atoms with Gasteiger partial charge < -0.3 is 15.0 Å². The molecule has 4 nitrogen and oxygen atoms in total. The summed E-state index contributed by atoms with van der Waals surface area (Å²) in [6, 6.07) is 8.25. The van der Waals surface area contributed by atoms with Crippen molar-refractivity contribution in [3.8, 4) is 5.75 Å². The Bertz CT molecular complexity index is 505. The van der Waals surface area contributed by atoms with Crippen LogP contribution in [0.4, 0.5) is 0 Å². The number of rotatable bonds is 4. The lowest BCUT2D eigenvalue weighted by Crippen LogP contribution is -2.51. The number of ether oxygens (including phenoxy) is 1. The van der Waals surface area contributed by atoms with Crippen LogP contribution in [0.15, 0.2) is 29.3 Å². The lowest BCUT2D eigenvalue weighted by molar-refractivity contribution is 0.376. The third kappa shape index (κ3) is 6.41. The molecule has 0 atom stereocenters. The smallest absolute Gasteiger partial charge is 0.193 e. The van der Waals surface area contributed by atoms with Crippen LogP contribution in [0.3, 0.4) is 0 Å². The van der Waals surface area contributed by atoms with Gasteiger partial charge in [-0.25, -0.2) is 0 Å². The molecule has 1 aliphatic rings. The summed E-state index contributed by atoms with van der Waals surface area (Å²) in [4.78, 5) is 6.80. The summed E-state index contributed by atoms with van der Waals surface area (Å²) in [6.45, 7) is 7.60. The molecule has 1 heterocycles. The number of guanidine groups is 1. The SMILES string of the molecule is CN=C(NCCc1ccc(OC)cc1)N1CCSC(C)(C)C1.I. The predicted molar refractivity (Wildman–Crippen MR) is 112 cm³/mol. The summed E-state index contributed by atoms with van der Waals surface area (Å²) in [5.74, 6) is 3.08. The summed E-state index contributed by atoms with van der Waals surface area (Å²) in [6.07, 6.45) is 0.981. The van der Waals surface area contributed by atoms with Gasteiger partial charge in [0.05, 0.1) is 7.11 Å². The molecule has 0 radical (unpaired) electrons. The van der Waals surface area contributed by atoms with Crippen molar-refractivity contribution in [1.82, 2.24) is 10.2 Å². The van der Waals surface area contributed by atoms with E-state index in [9.17, 15) is 0 Å². The molecule has 1 N–H and O–H groups in total. The van der Waals surface area contributed by atoms with Crippen molar-refractivity contribution in [3.63, 3.8) is 0 Å². The Kier molecular flexibility index (Phi) is 8.53. The van der Waals surface area contributed by atoms with Gasteiger partial charge in [0, 0.05) is 37.2 Å². The van der Waals surface area contributed by atoms with Gasteiger partial charge in [-0.15, -0.1) is 24.0 Å². The molecule has 2 rings (SSSR count). The van der Waals surface area contributed by atoms with Crippen molar-refractivity contribution < 1.29 is 4.74 Å². The maximum Gasteiger partial charge on any atom is 0.193 e. The van der Waals surface area contributed by atoms with Crippen molar-refractivity contribution in [1.29, 1.82) is 0 Å². The first-order valence-corrected chi connectivity index (χ1v) is 8.75. The number of hydrogen-bond acceptors (Lipinski definition) is 3. The first-order valence-electron chi connectivity index (χ1n) is 7.76. The van der Waals surface area contributed by atoms with Crippen LogP contribution in [0.25, 0.3) is 0 Å². The molecule has 0 spiro atoms. The number of hydrogen-bond donors (Lipinski definition) is 1. The minimum Gasteiger partial charge on any atom is -0.497 e. The van der Waals surface area contributed by atoms with Gasteiger partial charge >= 0.3 is 0 Å². The van der Waals surface area contributed by atoms with Crippen molar-refractivity contribution >= 4 is 41.7 Å². The fraction of sp³-hybridized carbons (Fsp3) is 0.588. The van der Waals surface area contributed by atoms with E-state index in [1.165, 1.54) is 5.56 Å². The summed E-state index contributed by atoms with van der Waals surface area (Å²) >= 11 is 2.04. The second-order valence-corrected chi connectivity index (χ2v) is 7.90. The second kappa shape index (κ2) is 9.61. The highest BCUT2D eigenvalue weighted by atomic mass is 127.